The minimum atomic E-state index is -1.04. The van der Waals surface area contributed by atoms with Gasteiger partial charge in [-0.15, -0.1) is 0 Å². The first-order valence-electron chi connectivity index (χ1n) is 7.07. The maximum absolute atomic E-state index is 11.5. The average Bonchev–Trinajstić information content (AvgIpc) is 2.36. The van der Waals surface area contributed by atoms with Crippen molar-refractivity contribution in [3.8, 4) is 0 Å². The number of primary amides is 1. The summed E-state index contributed by atoms with van der Waals surface area (Å²) < 4.78 is 0. The van der Waals surface area contributed by atoms with Crippen LogP contribution in [0.4, 0.5) is 4.79 Å². The lowest BCUT2D eigenvalue weighted by atomic mass is 10.1. The summed E-state index contributed by atoms with van der Waals surface area (Å²) in [5, 5.41) is 8.45. The fraction of sp³-hybridized carbons (Fsp3) is 0.846. The topological polar surface area (TPSA) is 96.2 Å². The highest BCUT2D eigenvalue weighted by Crippen LogP contribution is 2.00. The van der Waals surface area contributed by atoms with E-state index in [4.69, 9.17) is 5.73 Å². The zero-order chi connectivity index (χ0) is 15.4. The molecule has 0 bridgehead atoms. The Morgan fingerprint density at radius 2 is 1.70 bits per heavy atom. The average molecular weight is 304 g/mol. The molecule has 3 amide bonds. The lowest BCUT2D eigenvalue weighted by Gasteiger charge is -2.22. The summed E-state index contributed by atoms with van der Waals surface area (Å²) in [4.78, 5) is 22.5. The van der Waals surface area contributed by atoms with Crippen molar-refractivity contribution in [1.29, 1.82) is 0 Å². The number of hydrogen-bond donors (Lipinski definition) is 5. The van der Waals surface area contributed by atoms with Gasteiger partial charge < -0.3 is 21.7 Å². The monoisotopic (exact) mass is 304 g/mol. The largest absolute Gasteiger partial charge is 0.368 e. The fourth-order valence-electron chi connectivity index (χ4n) is 1.49. The van der Waals surface area contributed by atoms with Crippen LogP contribution in [-0.2, 0) is 4.79 Å². The maximum atomic E-state index is 11.5. The van der Waals surface area contributed by atoms with E-state index in [1.807, 2.05) is 0 Å². The third kappa shape index (κ3) is 9.91. The van der Waals surface area contributed by atoms with Crippen LogP contribution in [0.3, 0.4) is 0 Å². The Kier molecular flexibility index (Phi) is 10.3. The number of unbranched alkanes of at least 4 members (excludes halogenated alkanes) is 3. The maximum Gasteiger partial charge on any atom is 0.315 e. The lowest BCUT2D eigenvalue weighted by molar-refractivity contribution is -0.122. The molecule has 0 aromatic carbocycles. The summed E-state index contributed by atoms with van der Waals surface area (Å²) in [5.41, 5.74) is 4.13. The molecule has 0 atom stereocenters. The Labute approximate surface area is 127 Å². The van der Waals surface area contributed by atoms with Crippen molar-refractivity contribution < 1.29 is 9.59 Å². The van der Waals surface area contributed by atoms with E-state index < -0.39 is 11.4 Å². The van der Waals surface area contributed by atoms with E-state index >= 15 is 0 Å². The van der Waals surface area contributed by atoms with Crippen LogP contribution in [0, 0.1) is 0 Å². The van der Waals surface area contributed by atoms with E-state index in [-0.39, 0.29) is 6.03 Å². The van der Waals surface area contributed by atoms with Crippen molar-refractivity contribution in [2.45, 2.75) is 45.1 Å². The van der Waals surface area contributed by atoms with Crippen LogP contribution < -0.4 is 21.7 Å². The van der Waals surface area contributed by atoms with E-state index in [1.54, 1.807) is 13.8 Å². The highest BCUT2D eigenvalue weighted by Gasteiger charge is 2.26. The predicted molar refractivity (Wildman–Crippen MR) is 85.0 cm³/mol. The summed E-state index contributed by atoms with van der Waals surface area (Å²) in [7, 11) is 0. The van der Waals surface area contributed by atoms with Crippen molar-refractivity contribution in [2.75, 3.05) is 25.4 Å². The first kappa shape index (κ1) is 19.1. The van der Waals surface area contributed by atoms with Crippen molar-refractivity contribution in [2.24, 2.45) is 5.73 Å². The van der Waals surface area contributed by atoms with Crippen molar-refractivity contribution >= 4 is 24.6 Å². The van der Waals surface area contributed by atoms with Gasteiger partial charge in [0.2, 0.25) is 5.91 Å². The van der Waals surface area contributed by atoms with Gasteiger partial charge in [0.15, 0.2) is 0 Å². The second-order valence-electron chi connectivity index (χ2n) is 5.26. The number of nitrogens with two attached hydrogens (primary N) is 1. The molecular formula is C13H28N4O2S. The second-order valence-corrected chi connectivity index (χ2v) is 5.71. The molecule has 0 unspecified atom stereocenters. The molecule has 7 heteroatoms. The van der Waals surface area contributed by atoms with Gasteiger partial charge in [-0.3, -0.25) is 4.79 Å². The Bertz CT molecular complexity index is 298. The number of urea groups is 1. The SMILES string of the molecule is CC(C)(NC(=O)NCCNCCCCCCS)C(N)=O. The Morgan fingerprint density at radius 1 is 1.05 bits per heavy atom. The summed E-state index contributed by atoms with van der Waals surface area (Å²) in [6.07, 6.45) is 4.72. The number of amides is 3. The number of nitrogens with one attached hydrogen (secondary N) is 3. The number of rotatable bonds is 11. The van der Waals surface area contributed by atoms with Crippen LogP contribution in [0.25, 0.3) is 0 Å². The number of carbonyl (C=O) groups excluding carboxylic acids is 2. The van der Waals surface area contributed by atoms with E-state index in [0.29, 0.717) is 13.1 Å². The van der Waals surface area contributed by atoms with Crippen LogP contribution in [0.2, 0.25) is 0 Å². The van der Waals surface area contributed by atoms with Gasteiger partial charge in [-0.05, 0) is 39.0 Å². The molecule has 0 saturated carbocycles. The van der Waals surface area contributed by atoms with Crippen molar-refractivity contribution in [3.05, 3.63) is 0 Å². The standard InChI is InChI=1S/C13H28N4O2S/c1-13(2,11(14)18)17-12(19)16-9-8-15-7-5-3-4-6-10-20/h15,20H,3-10H2,1-2H3,(H2,14,18)(H2,16,17,19). The fourth-order valence-corrected chi connectivity index (χ4v) is 1.72. The smallest absolute Gasteiger partial charge is 0.315 e. The van der Waals surface area contributed by atoms with Crippen LogP contribution in [0.15, 0.2) is 0 Å². The third-order valence-electron chi connectivity index (χ3n) is 2.89. The van der Waals surface area contributed by atoms with Gasteiger partial charge in [-0.1, -0.05) is 12.8 Å². The second kappa shape index (κ2) is 10.8. The van der Waals surface area contributed by atoms with Crippen molar-refractivity contribution in [3.63, 3.8) is 0 Å². The van der Waals surface area contributed by atoms with Crippen molar-refractivity contribution in [1.82, 2.24) is 16.0 Å². The zero-order valence-electron chi connectivity index (χ0n) is 12.5. The minimum absolute atomic E-state index is 0.385. The molecule has 5 N–H and O–H groups in total. The zero-order valence-corrected chi connectivity index (χ0v) is 13.4. The highest BCUT2D eigenvalue weighted by molar-refractivity contribution is 7.80. The summed E-state index contributed by atoms with van der Waals surface area (Å²) in [6, 6.07) is -0.385. The van der Waals surface area contributed by atoms with E-state index in [9.17, 15) is 9.59 Å². The summed E-state index contributed by atoms with van der Waals surface area (Å²) in [6.45, 7) is 5.30. The minimum Gasteiger partial charge on any atom is -0.368 e. The molecule has 0 spiro atoms. The normalized spacial score (nSPS) is 11.2. The molecule has 0 radical (unpaired) electrons. The molecule has 118 valence electrons. The number of hydrogen-bond acceptors (Lipinski definition) is 4. The molecule has 6 nitrogen and oxygen atoms in total. The molecule has 0 aliphatic heterocycles. The third-order valence-corrected chi connectivity index (χ3v) is 3.21. The van der Waals surface area contributed by atoms with Gasteiger partial charge in [0.1, 0.15) is 5.54 Å². The molecule has 0 aliphatic carbocycles. The highest BCUT2D eigenvalue weighted by atomic mass is 32.1. The molecule has 0 aromatic rings. The molecule has 20 heavy (non-hydrogen) atoms. The molecule has 0 rings (SSSR count). The van der Waals surface area contributed by atoms with Gasteiger partial charge in [-0.2, -0.15) is 12.6 Å². The van der Waals surface area contributed by atoms with Crippen LogP contribution in [-0.4, -0.2) is 42.9 Å². The number of thiol groups is 1. The molecular weight excluding hydrogens is 276 g/mol. The summed E-state index contributed by atoms with van der Waals surface area (Å²) >= 11 is 4.16. The van der Waals surface area contributed by atoms with Crippen LogP contribution >= 0.6 is 12.6 Å². The van der Waals surface area contributed by atoms with E-state index in [1.165, 1.54) is 19.3 Å². The Morgan fingerprint density at radius 3 is 2.30 bits per heavy atom. The van der Waals surface area contributed by atoms with E-state index in [2.05, 4.69) is 28.6 Å². The van der Waals surface area contributed by atoms with Crippen LogP contribution in [0.1, 0.15) is 39.5 Å². The quantitative estimate of drug-likeness (QED) is 0.286. The van der Waals surface area contributed by atoms with E-state index in [0.717, 1.165) is 18.7 Å². The number of carbonyl (C=O) groups is 2. The molecule has 0 aliphatic rings. The first-order chi connectivity index (χ1) is 9.40. The van der Waals surface area contributed by atoms with Gasteiger partial charge in [-0.25, -0.2) is 4.79 Å². The molecule has 0 saturated heterocycles. The van der Waals surface area contributed by atoms with Gasteiger partial charge in [0.05, 0.1) is 0 Å². The van der Waals surface area contributed by atoms with Gasteiger partial charge in [0, 0.05) is 13.1 Å². The molecule has 0 heterocycles. The molecule has 0 fully saturated rings. The summed E-state index contributed by atoms with van der Waals surface area (Å²) in [5.74, 6) is 0.390. The van der Waals surface area contributed by atoms with Gasteiger partial charge in [0.25, 0.3) is 0 Å². The first-order valence-corrected chi connectivity index (χ1v) is 7.71. The Hall–Kier alpha value is -0.950. The predicted octanol–water partition coefficient (Wildman–Crippen LogP) is 0.629. The Balaban J connectivity index is 3.47. The molecule has 0 aromatic heterocycles. The lowest BCUT2D eigenvalue weighted by Crippen LogP contribution is -2.56. The van der Waals surface area contributed by atoms with Crippen LogP contribution in [0.5, 0.6) is 0 Å². The van der Waals surface area contributed by atoms with Gasteiger partial charge >= 0.3 is 6.03 Å².